The van der Waals surface area contributed by atoms with Gasteiger partial charge < -0.3 is 5.32 Å². The van der Waals surface area contributed by atoms with Crippen molar-refractivity contribution in [2.24, 2.45) is 0 Å². The van der Waals surface area contributed by atoms with E-state index in [1.807, 2.05) is 31.2 Å². The highest BCUT2D eigenvalue weighted by atomic mass is 16.2. The van der Waals surface area contributed by atoms with Gasteiger partial charge in [0.1, 0.15) is 6.54 Å². The number of benzene rings is 2. The molecule has 2 aromatic carbocycles. The third-order valence-corrected chi connectivity index (χ3v) is 4.94. The Bertz CT molecular complexity index is 1110. The molecule has 1 amide bonds. The van der Waals surface area contributed by atoms with Gasteiger partial charge >= 0.3 is 5.69 Å². The van der Waals surface area contributed by atoms with Crippen molar-refractivity contribution in [3.8, 4) is 0 Å². The van der Waals surface area contributed by atoms with Crippen LogP contribution >= 0.6 is 0 Å². The summed E-state index contributed by atoms with van der Waals surface area (Å²) in [6, 6.07) is 14.7. The molecule has 0 bridgehead atoms. The quantitative estimate of drug-likeness (QED) is 0.636. The van der Waals surface area contributed by atoms with Gasteiger partial charge in [0.15, 0.2) is 0 Å². The molecule has 0 atom stereocenters. The lowest BCUT2D eigenvalue weighted by Gasteiger charge is -2.14. The van der Waals surface area contributed by atoms with Crippen molar-refractivity contribution in [1.82, 2.24) is 9.13 Å². The first-order valence-electron chi connectivity index (χ1n) is 10.2. The molecule has 6 nitrogen and oxygen atoms in total. The van der Waals surface area contributed by atoms with E-state index in [-0.39, 0.29) is 18.0 Å². The monoisotopic (exact) mass is 393 g/mol. The van der Waals surface area contributed by atoms with Crippen LogP contribution in [-0.2, 0) is 24.3 Å². The molecule has 1 aromatic heterocycles. The molecule has 0 spiro atoms. The molecule has 0 radical (unpaired) electrons. The van der Waals surface area contributed by atoms with Gasteiger partial charge in [0.05, 0.1) is 10.9 Å². The Morgan fingerprint density at radius 2 is 1.66 bits per heavy atom. The molecule has 6 heteroatoms. The highest BCUT2D eigenvalue weighted by molar-refractivity contribution is 5.91. The molecule has 29 heavy (non-hydrogen) atoms. The zero-order valence-electron chi connectivity index (χ0n) is 17.0. The van der Waals surface area contributed by atoms with E-state index in [4.69, 9.17) is 0 Å². The van der Waals surface area contributed by atoms with Gasteiger partial charge in [-0.15, -0.1) is 0 Å². The molecule has 1 N–H and O–H groups in total. The first-order valence-corrected chi connectivity index (χ1v) is 10.2. The molecule has 0 saturated heterocycles. The molecule has 0 unspecified atom stereocenters. The number of aryl methyl sites for hydroxylation is 1. The lowest BCUT2D eigenvalue weighted by Crippen LogP contribution is -2.41. The van der Waals surface area contributed by atoms with Gasteiger partial charge in [0.2, 0.25) is 5.91 Å². The number of amides is 1. The molecule has 0 aliphatic heterocycles. The Labute approximate surface area is 169 Å². The average Bonchev–Trinajstić information content (AvgIpc) is 2.73. The first kappa shape index (κ1) is 20.6. The van der Waals surface area contributed by atoms with Crippen LogP contribution in [0.3, 0.4) is 0 Å². The second-order valence-corrected chi connectivity index (χ2v) is 7.19. The molecular formula is C23H27N3O3. The maximum atomic E-state index is 12.9. The van der Waals surface area contributed by atoms with E-state index < -0.39 is 5.69 Å². The summed E-state index contributed by atoms with van der Waals surface area (Å²) in [6.07, 6.45) is 3.95. The van der Waals surface area contributed by atoms with Crippen LogP contribution in [0, 0.1) is 0 Å². The number of para-hydroxylation sites is 1. The van der Waals surface area contributed by atoms with Crippen LogP contribution in [-0.4, -0.2) is 15.0 Å². The molecule has 3 rings (SSSR count). The summed E-state index contributed by atoms with van der Waals surface area (Å²) < 4.78 is 2.58. The van der Waals surface area contributed by atoms with Crippen molar-refractivity contribution in [3.05, 3.63) is 74.9 Å². The summed E-state index contributed by atoms with van der Waals surface area (Å²) in [7, 11) is 0. The van der Waals surface area contributed by atoms with Crippen molar-refractivity contribution >= 4 is 22.5 Å². The summed E-state index contributed by atoms with van der Waals surface area (Å²) in [5, 5.41) is 3.28. The van der Waals surface area contributed by atoms with Crippen LogP contribution in [0.15, 0.2) is 58.1 Å². The SMILES string of the molecule is CCCCc1ccc(NC(=O)Cn2c(=O)n(CCC)c(=O)c3ccccc32)cc1. The fourth-order valence-electron chi connectivity index (χ4n) is 3.42. The first-order chi connectivity index (χ1) is 14.0. The Morgan fingerprint density at radius 1 is 0.931 bits per heavy atom. The third-order valence-electron chi connectivity index (χ3n) is 4.94. The molecule has 0 fully saturated rings. The van der Waals surface area contributed by atoms with E-state index in [1.165, 1.54) is 14.7 Å². The number of anilines is 1. The van der Waals surface area contributed by atoms with Gasteiger partial charge in [-0.05, 0) is 49.1 Å². The Kier molecular flexibility index (Phi) is 6.65. The van der Waals surface area contributed by atoms with Gasteiger partial charge in [-0.1, -0.05) is 44.5 Å². The molecular weight excluding hydrogens is 366 g/mol. The summed E-state index contributed by atoms with van der Waals surface area (Å²) in [5.74, 6) is -0.305. The lowest BCUT2D eigenvalue weighted by atomic mass is 10.1. The van der Waals surface area contributed by atoms with E-state index in [0.717, 1.165) is 19.3 Å². The normalized spacial score (nSPS) is 11.0. The van der Waals surface area contributed by atoms with Crippen LogP contribution in [0.2, 0.25) is 0 Å². The van der Waals surface area contributed by atoms with Gasteiger partial charge in [0.25, 0.3) is 5.56 Å². The van der Waals surface area contributed by atoms with E-state index in [9.17, 15) is 14.4 Å². The van der Waals surface area contributed by atoms with Crippen molar-refractivity contribution in [2.75, 3.05) is 5.32 Å². The highest BCUT2D eigenvalue weighted by Gasteiger charge is 2.15. The summed E-state index contributed by atoms with van der Waals surface area (Å²) in [4.78, 5) is 38.1. The topological polar surface area (TPSA) is 73.1 Å². The molecule has 3 aromatic rings. The van der Waals surface area contributed by atoms with Gasteiger partial charge in [-0.3, -0.25) is 18.7 Å². The van der Waals surface area contributed by atoms with Gasteiger partial charge in [-0.25, -0.2) is 4.79 Å². The van der Waals surface area contributed by atoms with E-state index in [2.05, 4.69) is 12.2 Å². The van der Waals surface area contributed by atoms with Gasteiger partial charge in [0, 0.05) is 12.2 Å². The average molecular weight is 393 g/mol. The molecule has 152 valence electrons. The van der Waals surface area contributed by atoms with Crippen molar-refractivity contribution in [3.63, 3.8) is 0 Å². The third kappa shape index (κ3) is 4.65. The van der Waals surface area contributed by atoms with E-state index in [1.54, 1.807) is 24.3 Å². The van der Waals surface area contributed by atoms with Crippen LogP contribution < -0.4 is 16.6 Å². The summed E-state index contributed by atoms with van der Waals surface area (Å²) in [5.41, 5.74) is 1.63. The number of rotatable bonds is 8. The zero-order chi connectivity index (χ0) is 20.8. The maximum absolute atomic E-state index is 12.9. The maximum Gasteiger partial charge on any atom is 0.331 e. The standard InChI is InChI=1S/C23H27N3O3/c1-3-5-8-17-11-13-18(14-12-17)24-21(27)16-26-20-10-7-6-9-19(20)22(28)25(15-4-2)23(26)29/h6-7,9-14H,3-5,8,15-16H2,1-2H3,(H,24,27). The molecule has 0 saturated carbocycles. The molecule has 1 heterocycles. The van der Waals surface area contributed by atoms with Crippen LogP contribution in [0.25, 0.3) is 10.9 Å². The number of hydrogen-bond donors (Lipinski definition) is 1. The van der Waals surface area contributed by atoms with Crippen LogP contribution in [0.1, 0.15) is 38.7 Å². The number of aromatic nitrogens is 2. The molecule has 0 aliphatic carbocycles. The fraction of sp³-hybridized carbons (Fsp3) is 0.348. The van der Waals surface area contributed by atoms with Crippen LogP contribution in [0.4, 0.5) is 5.69 Å². The van der Waals surface area contributed by atoms with Crippen molar-refractivity contribution in [2.45, 2.75) is 52.6 Å². The number of carbonyl (C=O) groups is 1. The number of fused-ring (bicyclic) bond motifs is 1. The highest BCUT2D eigenvalue weighted by Crippen LogP contribution is 2.13. The number of nitrogens with zero attached hydrogens (tertiary/aromatic N) is 2. The minimum absolute atomic E-state index is 0.152. The fourth-order valence-corrected chi connectivity index (χ4v) is 3.42. The summed E-state index contributed by atoms with van der Waals surface area (Å²) >= 11 is 0. The smallest absolute Gasteiger partial charge is 0.325 e. The minimum atomic E-state index is -0.458. The van der Waals surface area contributed by atoms with E-state index in [0.29, 0.717) is 29.6 Å². The van der Waals surface area contributed by atoms with Crippen LogP contribution in [0.5, 0.6) is 0 Å². The number of nitrogens with one attached hydrogen (secondary N) is 1. The van der Waals surface area contributed by atoms with E-state index >= 15 is 0 Å². The van der Waals surface area contributed by atoms with Crippen molar-refractivity contribution in [1.29, 1.82) is 0 Å². The summed E-state index contributed by atoms with van der Waals surface area (Å²) in [6.45, 7) is 4.23. The second-order valence-electron chi connectivity index (χ2n) is 7.19. The predicted octanol–water partition coefficient (Wildman–Crippen LogP) is 3.55. The number of hydrogen-bond acceptors (Lipinski definition) is 3. The van der Waals surface area contributed by atoms with Crippen molar-refractivity contribution < 1.29 is 4.79 Å². The number of unbranched alkanes of at least 4 members (excludes halogenated alkanes) is 1. The number of carbonyl (C=O) groups excluding carboxylic acids is 1. The largest absolute Gasteiger partial charge is 0.331 e. The molecule has 0 aliphatic rings. The second kappa shape index (κ2) is 9.37. The zero-order valence-corrected chi connectivity index (χ0v) is 17.0. The van der Waals surface area contributed by atoms with Gasteiger partial charge in [-0.2, -0.15) is 0 Å². The Hall–Kier alpha value is -3.15. The lowest BCUT2D eigenvalue weighted by molar-refractivity contribution is -0.116. The predicted molar refractivity (Wildman–Crippen MR) is 116 cm³/mol. The Morgan fingerprint density at radius 3 is 2.34 bits per heavy atom. The Balaban J connectivity index is 1.86. The minimum Gasteiger partial charge on any atom is -0.325 e.